The van der Waals surface area contributed by atoms with Gasteiger partial charge in [-0.05, 0) is 50.2 Å². The zero-order valence-electron chi connectivity index (χ0n) is 14.3. The summed E-state index contributed by atoms with van der Waals surface area (Å²) in [6.45, 7) is 3.90. The van der Waals surface area contributed by atoms with Crippen molar-refractivity contribution < 1.29 is 22.4 Å². The van der Waals surface area contributed by atoms with Gasteiger partial charge in [-0.3, -0.25) is 4.55 Å². The minimum Gasteiger partial charge on any atom is -0.457 e. The first kappa shape index (κ1) is 18.0. The van der Waals surface area contributed by atoms with Gasteiger partial charge >= 0.3 is 0 Å². The molecule has 3 aromatic carbocycles. The van der Waals surface area contributed by atoms with Crippen LogP contribution in [0.15, 0.2) is 71.6 Å². The number of hydrogen-bond acceptors (Lipinski definition) is 4. The SMILES string of the molecule is Cc1ccc(Oc2ccc(S(=O)(=O)O)c(Oc3ccc(C)cc3)c2)cc1. The van der Waals surface area contributed by atoms with Crippen LogP contribution in [0.3, 0.4) is 0 Å². The number of hydrogen-bond donors (Lipinski definition) is 1. The van der Waals surface area contributed by atoms with E-state index in [0.717, 1.165) is 11.1 Å². The third-order valence-corrected chi connectivity index (χ3v) is 4.59. The second kappa shape index (κ2) is 7.19. The van der Waals surface area contributed by atoms with Crippen molar-refractivity contribution in [3.8, 4) is 23.0 Å². The van der Waals surface area contributed by atoms with E-state index in [1.54, 1.807) is 12.1 Å². The molecule has 6 heteroatoms. The van der Waals surface area contributed by atoms with Crippen LogP contribution in [0.2, 0.25) is 0 Å². The van der Waals surface area contributed by atoms with Gasteiger partial charge in [0.05, 0.1) is 0 Å². The lowest BCUT2D eigenvalue weighted by Crippen LogP contribution is -2.01. The molecule has 0 bridgehead atoms. The van der Waals surface area contributed by atoms with Gasteiger partial charge in [0.25, 0.3) is 10.1 Å². The lowest BCUT2D eigenvalue weighted by atomic mass is 10.2. The Kier molecular flexibility index (Phi) is 4.97. The van der Waals surface area contributed by atoms with E-state index in [9.17, 15) is 13.0 Å². The highest BCUT2D eigenvalue weighted by Gasteiger charge is 2.18. The van der Waals surface area contributed by atoms with Crippen molar-refractivity contribution in [3.63, 3.8) is 0 Å². The highest BCUT2D eigenvalue weighted by atomic mass is 32.2. The number of rotatable bonds is 5. The first-order chi connectivity index (χ1) is 12.3. The summed E-state index contributed by atoms with van der Waals surface area (Å²) in [4.78, 5) is -0.325. The number of ether oxygens (including phenoxy) is 2. The van der Waals surface area contributed by atoms with Crippen LogP contribution >= 0.6 is 0 Å². The Balaban J connectivity index is 1.95. The fourth-order valence-corrected chi connectivity index (χ4v) is 2.92. The summed E-state index contributed by atoms with van der Waals surface area (Å²) < 4.78 is 44.1. The number of benzene rings is 3. The Labute approximate surface area is 152 Å². The second-order valence-corrected chi connectivity index (χ2v) is 7.30. The van der Waals surface area contributed by atoms with Crippen molar-refractivity contribution in [2.75, 3.05) is 0 Å². The van der Waals surface area contributed by atoms with Gasteiger partial charge in [-0.1, -0.05) is 35.4 Å². The molecule has 0 fully saturated rings. The van der Waals surface area contributed by atoms with Crippen LogP contribution in [-0.2, 0) is 10.1 Å². The molecule has 0 amide bonds. The minimum absolute atomic E-state index is 0.0130. The van der Waals surface area contributed by atoms with Crippen LogP contribution in [0.4, 0.5) is 0 Å². The van der Waals surface area contributed by atoms with Gasteiger partial charge in [0.2, 0.25) is 0 Å². The summed E-state index contributed by atoms with van der Waals surface area (Å²) in [7, 11) is -4.44. The maximum Gasteiger partial charge on any atom is 0.298 e. The average Bonchev–Trinajstić information content (AvgIpc) is 2.58. The van der Waals surface area contributed by atoms with Crippen molar-refractivity contribution in [2.24, 2.45) is 0 Å². The zero-order chi connectivity index (χ0) is 18.7. The average molecular weight is 370 g/mol. The lowest BCUT2D eigenvalue weighted by Gasteiger charge is -2.12. The quantitative estimate of drug-likeness (QED) is 0.630. The van der Waals surface area contributed by atoms with Crippen molar-refractivity contribution in [1.82, 2.24) is 0 Å². The van der Waals surface area contributed by atoms with Gasteiger partial charge in [0.15, 0.2) is 5.75 Å². The number of aryl methyl sites for hydroxylation is 2. The van der Waals surface area contributed by atoms with E-state index in [-0.39, 0.29) is 10.6 Å². The molecule has 0 spiro atoms. The van der Waals surface area contributed by atoms with Gasteiger partial charge < -0.3 is 9.47 Å². The maximum atomic E-state index is 11.6. The molecule has 0 atom stereocenters. The van der Waals surface area contributed by atoms with Gasteiger partial charge in [0.1, 0.15) is 22.1 Å². The molecule has 134 valence electrons. The molecule has 0 unspecified atom stereocenters. The van der Waals surface area contributed by atoms with Gasteiger partial charge in [0, 0.05) is 6.07 Å². The smallest absolute Gasteiger partial charge is 0.298 e. The monoisotopic (exact) mass is 370 g/mol. The van der Waals surface area contributed by atoms with Crippen LogP contribution in [-0.4, -0.2) is 13.0 Å². The maximum absolute atomic E-state index is 11.6. The molecular weight excluding hydrogens is 352 g/mol. The molecule has 5 nitrogen and oxygen atoms in total. The van der Waals surface area contributed by atoms with Crippen molar-refractivity contribution >= 4 is 10.1 Å². The van der Waals surface area contributed by atoms with E-state index in [0.29, 0.717) is 17.2 Å². The summed E-state index contributed by atoms with van der Waals surface area (Å²) in [5.74, 6) is 1.44. The summed E-state index contributed by atoms with van der Waals surface area (Å²) in [5, 5.41) is 0. The molecule has 0 heterocycles. The molecule has 0 aromatic heterocycles. The first-order valence-corrected chi connectivity index (χ1v) is 9.36. The van der Waals surface area contributed by atoms with Crippen LogP contribution in [0.25, 0.3) is 0 Å². The third kappa shape index (κ3) is 4.41. The van der Waals surface area contributed by atoms with Crippen LogP contribution < -0.4 is 9.47 Å². The Morgan fingerprint density at radius 2 is 1.15 bits per heavy atom. The summed E-state index contributed by atoms with van der Waals surface area (Å²) >= 11 is 0. The van der Waals surface area contributed by atoms with Crippen molar-refractivity contribution in [2.45, 2.75) is 18.7 Å². The molecule has 3 rings (SSSR count). The van der Waals surface area contributed by atoms with E-state index in [1.807, 2.05) is 50.2 Å². The fraction of sp³-hybridized carbons (Fsp3) is 0.100. The topological polar surface area (TPSA) is 72.8 Å². The van der Waals surface area contributed by atoms with Crippen LogP contribution in [0, 0.1) is 13.8 Å². The van der Waals surface area contributed by atoms with E-state index in [2.05, 4.69) is 0 Å². The molecular formula is C20H18O5S. The molecule has 0 aliphatic rings. The largest absolute Gasteiger partial charge is 0.457 e. The predicted molar refractivity (Wildman–Crippen MR) is 98.8 cm³/mol. The Morgan fingerprint density at radius 1 is 0.692 bits per heavy atom. The van der Waals surface area contributed by atoms with E-state index < -0.39 is 10.1 Å². The van der Waals surface area contributed by atoms with E-state index >= 15 is 0 Å². The molecule has 0 aliphatic carbocycles. The van der Waals surface area contributed by atoms with Crippen LogP contribution in [0.5, 0.6) is 23.0 Å². The van der Waals surface area contributed by atoms with E-state index in [1.165, 1.54) is 18.2 Å². The Morgan fingerprint density at radius 3 is 1.65 bits per heavy atom. The molecule has 26 heavy (non-hydrogen) atoms. The van der Waals surface area contributed by atoms with Gasteiger partial charge in [-0.25, -0.2) is 0 Å². The van der Waals surface area contributed by atoms with Gasteiger partial charge in [-0.2, -0.15) is 8.42 Å². The first-order valence-electron chi connectivity index (χ1n) is 7.92. The third-order valence-electron chi connectivity index (χ3n) is 3.70. The zero-order valence-corrected chi connectivity index (χ0v) is 15.2. The molecule has 0 saturated carbocycles. The van der Waals surface area contributed by atoms with Crippen molar-refractivity contribution in [1.29, 1.82) is 0 Å². The highest BCUT2D eigenvalue weighted by Crippen LogP contribution is 2.34. The lowest BCUT2D eigenvalue weighted by molar-refractivity contribution is 0.440. The molecule has 0 saturated heterocycles. The molecule has 1 N–H and O–H groups in total. The summed E-state index contributed by atoms with van der Waals surface area (Å²) in [6, 6.07) is 18.7. The van der Waals surface area contributed by atoms with Crippen LogP contribution in [0.1, 0.15) is 11.1 Å². The molecule has 0 radical (unpaired) electrons. The standard InChI is InChI=1S/C20H18O5S/c1-14-3-7-16(8-4-14)24-18-11-12-20(26(21,22)23)19(13-18)25-17-9-5-15(2)6-10-17/h3-13H,1-2H3,(H,21,22,23). The van der Waals surface area contributed by atoms with Crippen molar-refractivity contribution in [3.05, 3.63) is 77.9 Å². The molecule has 3 aromatic rings. The predicted octanol–water partition coefficient (Wildman–Crippen LogP) is 5.13. The Bertz CT molecular complexity index is 1010. The summed E-state index contributed by atoms with van der Waals surface area (Å²) in [6.07, 6.45) is 0. The highest BCUT2D eigenvalue weighted by molar-refractivity contribution is 7.86. The molecule has 0 aliphatic heterocycles. The normalized spacial score (nSPS) is 11.2. The Hall–Kier alpha value is -2.83. The second-order valence-electron chi connectivity index (χ2n) is 5.91. The fourth-order valence-electron chi connectivity index (χ4n) is 2.32. The van der Waals surface area contributed by atoms with E-state index in [4.69, 9.17) is 9.47 Å². The van der Waals surface area contributed by atoms with Gasteiger partial charge in [-0.15, -0.1) is 0 Å². The minimum atomic E-state index is -4.44. The summed E-state index contributed by atoms with van der Waals surface area (Å²) in [5.41, 5.74) is 2.14.